The summed E-state index contributed by atoms with van der Waals surface area (Å²) >= 11 is 11.8. The lowest BCUT2D eigenvalue weighted by atomic mass is 10.1. The third-order valence-corrected chi connectivity index (χ3v) is 3.51. The first-order valence-corrected chi connectivity index (χ1v) is 8.02. The molecule has 0 unspecified atom stereocenters. The van der Waals surface area contributed by atoms with E-state index in [2.05, 4.69) is 25.9 Å². The molecule has 0 bridgehead atoms. The van der Waals surface area contributed by atoms with Crippen LogP contribution in [0.1, 0.15) is 16.8 Å². The smallest absolute Gasteiger partial charge is 0.404 e. The average Bonchev–Trinajstić information content (AvgIpc) is 2.58. The fraction of sp³-hybridized carbons (Fsp3) is 0.200. The highest BCUT2D eigenvalue weighted by Crippen LogP contribution is 2.25. The van der Waals surface area contributed by atoms with Gasteiger partial charge in [-0.1, -0.05) is 23.7 Å². The summed E-state index contributed by atoms with van der Waals surface area (Å²) < 4.78 is 0. The molecule has 0 fully saturated rings. The molecule has 0 aliphatic heterocycles. The summed E-state index contributed by atoms with van der Waals surface area (Å²) in [5.41, 5.74) is 0.889. The van der Waals surface area contributed by atoms with Crippen molar-refractivity contribution in [2.45, 2.75) is 6.42 Å². The molecular weight excluding hydrogens is 369 g/mol. The quantitative estimate of drug-likeness (QED) is 0.431. The number of nitrogens with zero attached hydrogens (tertiary/aromatic N) is 2. The minimum absolute atomic E-state index is 0.0276. The first kappa shape index (κ1) is 18.8. The van der Waals surface area contributed by atoms with Crippen LogP contribution in [0.2, 0.25) is 10.3 Å². The molecule has 0 aliphatic carbocycles. The van der Waals surface area contributed by atoms with Crippen LogP contribution >= 0.6 is 23.2 Å². The van der Waals surface area contributed by atoms with E-state index in [-0.39, 0.29) is 28.6 Å². The molecule has 2 amide bonds. The van der Waals surface area contributed by atoms with Gasteiger partial charge in [0.05, 0.1) is 17.4 Å². The fourth-order valence-corrected chi connectivity index (χ4v) is 2.20. The highest BCUT2D eigenvalue weighted by molar-refractivity contribution is 6.33. The summed E-state index contributed by atoms with van der Waals surface area (Å²) in [7, 11) is 0. The fourth-order valence-electron chi connectivity index (χ4n) is 1.93. The predicted molar refractivity (Wildman–Crippen MR) is 94.8 cm³/mol. The lowest BCUT2D eigenvalue weighted by Crippen LogP contribution is -2.29. The van der Waals surface area contributed by atoms with Crippen molar-refractivity contribution in [1.82, 2.24) is 20.6 Å². The summed E-state index contributed by atoms with van der Waals surface area (Å²) in [5.74, 6) is -0.0257. The van der Waals surface area contributed by atoms with Crippen molar-refractivity contribution < 1.29 is 14.7 Å². The van der Waals surface area contributed by atoms with Crippen LogP contribution in [0.25, 0.3) is 0 Å². The van der Waals surface area contributed by atoms with Crippen molar-refractivity contribution in [1.29, 1.82) is 0 Å². The number of carboxylic acid groups (broad SMARTS) is 1. The molecule has 0 saturated heterocycles. The zero-order valence-corrected chi connectivity index (χ0v) is 14.4. The predicted octanol–water partition coefficient (Wildman–Crippen LogP) is 2.91. The van der Waals surface area contributed by atoms with Gasteiger partial charge in [-0.05, 0) is 30.2 Å². The number of anilines is 2. The molecule has 25 heavy (non-hydrogen) atoms. The molecule has 0 spiro atoms. The second-order valence-electron chi connectivity index (χ2n) is 4.85. The molecule has 132 valence electrons. The van der Waals surface area contributed by atoms with Gasteiger partial charge in [-0.2, -0.15) is 4.98 Å². The number of nitrogens with one attached hydrogen (secondary N) is 3. The maximum atomic E-state index is 12.3. The van der Waals surface area contributed by atoms with Crippen molar-refractivity contribution >= 4 is 46.7 Å². The van der Waals surface area contributed by atoms with Gasteiger partial charge in [0, 0.05) is 13.1 Å². The van der Waals surface area contributed by atoms with Crippen LogP contribution in [0.3, 0.4) is 0 Å². The van der Waals surface area contributed by atoms with Gasteiger partial charge in [0.25, 0.3) is 5.91 Å². The molecule has 0 radical (unpaired) electrons. The standard InChI is InChI=1S/C15H15Cl2N5O3/c16-10-8-20-14(17)22-12(10)21-11-5-2-1-4-9(11)13(23)18-6-3-7-19-15(24)25/h1-2,4-5,8,19H,3,6-7H2,(H,18,23)(H,24,25)(H,20,21,22). The first-order chi connectivity index (χ1) is 12.0. The zero-order valence-electron chi connectivity index (χ0n) is 12.9. The Kier molecular flexibility index (Phi) is 6.79. The number of carbonyl (C=O) groups excluding carboxylic acids is 1. The summed E-state index contributed by atoms with van der Waals surface area (Å²) in [4.78, 5) is 30.4. The number of amides is 2. The first-order valence-electron chi connectivity index (χ1n) is 7.26. The van der Waals surface area contributed by atoms with Gasteiger partial charge in [-0.3, -0.25) is 4.79 Å². The second kappa shape index (κ2) is 9.05. The zero-order chi connectivity index (χ0) is 18.2. The van der Waals surface area contributed by atoms with Crippen LogP contribution < -0.4 is 16.0 Å². The van der Waals surface area contributed by atoms with Gasteiger partial charge in [-0.25, -0.2) is 9.78 Å². The third kappa shape index (κ3) is 5.77. The van der Waals surface area contributed by atoms with Crippen molar-refractivity contribution in [3.05, 3.63) is 46.3 Å². The van der Waals surface area contributed by atoms with Crippen molar-refractivity contribution in [2.24, 2.45) is 0 Å². The van der Waals surface area contributed by atoms with E-state index in [9.17, 15) is 9.59 Å². The van der Waals surface area contributed by atoms with Crippen LogP contribution in [0, 0.1) is 0 Å². The van der Waals surface area contributed by atoms with Crippen LogP contribution in [-0.2, 0) is 0 Å². The van der Waals surface area contributed by atoms with Gasteiger partial charge in [-0.15, -0.1) is 0 Å². The van der Waals surface area contributed by atoms with E-state index in [0.717, 1.165) is 0 Å². The van der Waals surface area contributed by atoms with Gasteiger partial charge in [0.1, 0.15) is 5.02 Å². The van der Waals surface area contributed by atoms with E-state index < -0.39 is 6.09 Å². The lowest BCUT2D eigenvalue weighted by Gasteiger charge is -2.12. The number of hydrogen-bond donors (Lipinski definition) is 4. The molecular formula is C15H15Cl2N5O3. The number of hydrogen-bond acceptors (Lipinski definition) is 5. The number of rotatable bonds is 7. The van der Waals surface area contributed by atoms with Gasteiger partial charge in [0.15, 0.2) is 5.82 Å². The molecule has 10 heteroatoms. The number of halogens is 2. The summed E-state index contributed by atoms with van der Waals surface area (Å²) in [5, 5.41) is 16.7. The van der Waals surface area contributed by atoms with Crippen LogP contribution in [0.4, 0.5) is 16.3 Å². The van der Waals surface area contributed by atoms with Gasteiger partial charge < -0.3 is 21.1 Å². The van der Waals surface area contributed by atoms with E-state index in [1.165, 1.54) is 6.20 Å². The lowest BCUT2D eigenvalue weighted by molar-refractivity contribution is 0.0954. The topological polar surface area (TPSA) is 116 Å². The van der Waals surface area contributed by atoms with Crippen LogP contribution in [-0.4, -0.2) is 40.2 Å². The highest BCUT2D eigenvalue weighted by atomic mass is 35.5. The normalized spacial score (nSPS) is 10.2. The Morgan fingerprint density at radius 2 is 1.84 bits per heavy atom. The maximum Gasteiger partial charge on any atom is 0.404 e. The van der Waals surface area contributed by atoms with Crippen LogP contribution in [0.15, 0.2) is 30.5 Å². The molecule has 0 atom stereocenters. The Bertz CT molecular complexity index is 773. The highest BCUT2D eigenvalue weighted by Gasteiger charge is 2.13. The van der Waals surface area contributed by atoms with E-state index in [1.54, 1.807) is 24.3 Å². The second-order valence-corrected chi connectivity index (χ2v) is 5.59. The number of benzene rings is 1. The molecule has 8 nitrogen and oxygen atoms in total. The number of para-hydroxylation sites is 1. The van der Waals surface area contributed by atoms with Gasteiger partial charge >= 0.3 is 6.09 Å². The molecule has 2 aromatic rings. The number of aromatic nitrogens is 2. The molecule has 2 rings (SSSR count). The van der Waals surface area contributed by atoms with Crippen molar-refractivity contribution in [3.8, 4) is 0 Å². The van der Waals surface area contributed by atoms with E-state index in [4.69, 9.17) is 28.3 Å². The van der Waals surface area contributed by atoms with Crippen molar-refractivity contribution in [3.63, 3.8) is 0 Å². The molecule has 0 aliphatic rings. The van der Waals surface area contributed by atoms with E-state index >= 15 is 0 Å². The summed E-state index contributed by atoms with van der Waals surface area (Å²) in [6, 6.07) is 6.82. The van der Waals surface area contributed by atoms with Crippen LogP contribution in [0.5, 0.6) is 0 Å². The molecule has 1 heterocycles. The summed E-state index contributed by atoms with van der Waals surface area (Å²) in [6.45, 7) is 0.581. The third-order valence-electron chi connectivity index (χ3n) is 3.05. The Hall–Kier alpha value is -2.58. The Labute approximate surface area is 153 Å². The molecule has 0 saturated carbocycles. The summed E-state index contributed by atoms with van der Waals surface area (Å²) in [6.07, 6.45) is 0.736. The Morgan fingerprint density at radius 1 is 1.12 bits per heavy atom. The Balaban J connectivity index is 2.03. The largest absolute Gasteiger partial charge is 0.465 e. The Morgan fingerprint density at radius 3 is 2.60 bits per heavy atom. The van der Waals surface area contributed by atoms with Gasteiger partial charge in [0.2, 0.25) is 5.28 Å². The minimum atomic E-state index is -1.10. The SMILES string of the molecule is O=C(O)NCCCNC(=O)c1ccccc1Nc1nc(Cl)ncc1Cl. The van der Waals surface area contributed by atoms with E-state index in [0.29, 0.717) is 24.2 Å². The molecule has 1 aromatic carbocycles. The molecule has 1 aromatic heterocycles. The van der Waals surface area contributed by atoms with E-state index in [1.807, 2.05) is 0 Å². The minimum Gasteiger partial charge on any atom is -0.465 e. The monoisotopic (exact) mass is 383 g/mol. The maximum absolute atomic E-state index is 12.3. The van der Waals surface area contributed by atoms with Crippen molar-refractivity contribution in [2.75, 3.05) is 18.4 Å². The molecule has 4 N–H and O–H groups in total. The average molecular weight is 384 g/mol. The number of carbonyl (C=O) groups is 2.